The second-order valence-corrected chi connectivity index (χ2v) is 4.91. The average Bonchev–Trinajstić information content (AvgIpc) is 2.95. The number of rotatable bonds is 2. The molecular formula is C13H12N2OS. The number of benzene rings is 1. The monoisotopic (exact) mass is 244 g/mol. The summed E-state index contributed by atoms with van der Waals surface area (Å²) in [6.45, 7) is 1.76. The van der Waals surface area contributed by atoms with Crippen LogP contribution in [0.15, 0.2) is 47.1 Å². The third kappa shape index (κ3) is 2.00. The second-order valence-electron chi connectivity index (χ2n) is 3.97. The van der Waals surface area contributed by atoms with E-state index in [9.17, 15) is 4.79 Å². The summed E-state index contributed by atoms with van der Waals surface area (Å²) in [4.78, 5) is 18.6. The first kappa shape index (κ1) is 10.6. The van der Waals surface area contributed by atoms with Crippen LogP contribution in [-0.4, -0.2) is 34.7 Å². The number of aliphatic imine (C=N–C) groups is 1. The molecule has 0 bridgehead atoms. The number of carbonyl (C=O) groups is 1. The van der Waals surface area contributed by atoms with E-state index in [1.165, 1.54) is 0 Å². The van der Waals surface area contributed by atoms with Gasteiger partial charge in [0, 0.05) is 29.6 Å². The van der Waals surface area contributed by atoms with E-state index in [-0.39, 0.29) is 5.78 Å². The molecular weight excluding hydrogens is 232 g/mol. The Morgan fingerprint density at radius 2 is 2.18 bits per heavy atom. The quantitative estimate of drug-likeness (QED) is 0.590. The van der Waals surface area contributed by atoms with Crippen LogP contribution in [0.2, 0.25) is 0 Å². The van der Waals surface area contributed by atoms with Crippen molar-refractivity contribution >= 4 is 22.7 Å². The minimum absolute atomic E-state index is 0.0781. The zero-order chi connectivity index (χ0) is 11.7. The molecule has 2 aliphatic rings. The summed E-state index contributed by atoms with van der Waals surface area (Å²) in [5, 5.41) is 1.07. The molecule has 1 aromatic rings. The third-order valence-corrected chi connectivity index (χ3v) is 3.90. The number of thioether (sulfide) groups is 1. The average molecular weight is 244 g/mol. The van der Waals surface area contributed by atoms with E-state index in [0.717, 1.165) is 35.3 Å². The van der Waals surface area contributed by atoms with Crippen molar-refractivity contribution in [2.24, 2.45) is 4.99 Å². The van der Waals surface area contributed by atoms with Crippen molar-refractivity contribution in [3.05, 3.63) is 47.7 Å². The van der Waals surface area contributed by atoms with Crippen LogP contribution in [0, 0.1) is 0 Å². The Morgan fingerprint density at radius 3 is 3.00 bits per heavy atom. The zero-order valence-electron chi connectivity index (χ0n) is 9.30. The Bertz CT molecular complexity index is 507. The Hall–Kier alpha value is -1.55. The molecule has 3 nitrogen and oxygen atoms in total. The number of carbonyl (C=O) groups excluding carboxylic acids is 1. The molecule has 0 aromatic heterocycles. The van der Waals surface area contributed by atoms with Gasteiger partial charge in [0.25, 0.3) is 0 Å². The lowest BCUT2D eigenvalue weighted by Gasteiger charge is -2.12. The molecule has 0 atom stereocenters. The van der Waals surface area contributed by atoms with E-state index >= 15 is 0 Å². The molecule has 86 valence electrons. The number of allylic oxidation sites excluding steroid dienone is 1. The van der Waals surface area contributed by atoms with E-state index < -0.39 is 0 Å². The highest BCUT2D eigenvalue weighted by molar-refractivity contribution is 8.14. The summed E-state index contributed by atoms with van der Waals surface area (Å²) in [7, 11) is 0. The minimum Gasteiger partial charge on any atom is -0.322 e. The molecule has 0 spiro atoms. The van der Waals surface area contributed by atoms with Gasteiger partial charge in [0.2, 0.25) is 0 Å². The predicted octanol–water partition coefficient (Wildman–Crippen LogP) is 2.17. The maximum Gasteiger partial charge on any atom is 0.187 e. The predicted molar refractivity (Wildman–Crippen MR) is 70.3 cm³/mol. The van der Waals surface area contributed by atoms with Crippen LogP contribution in [0.1, 0.15) is 10.4 Å². The Labute approximate surface area is 104 Å². The molecule has 0 radical (unpaired) electrons. The number of hydrogen-bond acceptors (Lipinski definition) is 4. The third-order valence-electron chi connectivity index (χ3n) is 2.85. The van der Waals surface area contributed by atoms with Crippen LogP contribution in [-0.2, 0) is 0 Å². The van der Waals surface area contributed by atoms with Gasteiger partial charge in [-0.2, -0.15) is 0 Å². The van der Waals surface area contributed by atoms with Gasteiger partial charge in [-0.15, -0.1) is 0 Å². The van der Waals surface area contributed by atoms with Crippen molar-refractivity contribution < 1.29 is 4.79 Å². The zero-order valence-corrected chi connectivity index (χ0v) is 10.1. The molecule has 3 rings (SSSR count). The molecule has 0 unspecified atom stereocenters. The van der Waals surface area contributed by atoms with Crippen LogP contribution >= 0.6 is 11.8 Å². The van der Waals surface area contributed by atoms with Crippen molar-refractivity contribution in [1.29, 1.82) is 0 Å². The Balaban J connectivity index is 1.83. The van der Waals surface area contributed by atoms with Crippen molar-refractivity contribution in [2.75, 3.05) is 18.8 Å². The Kier molecular flexibility index (Phi) is 2.73. The first-order valence-electron chi connectivity index (χ1n) is 5.59. The highest BCUT2D eigenvalue weighted by Crippen LogP contribution is 2.29. The fraction of sp³-hybridized carbons (Fsp3) is 0.231. The Morgan fingerprint density at radius 1 is 1.35 bits per heavy atom. The lowest BCUT2D eigenvalue weighted by Crippen LogP contribution is -2.20. The standard InChI is InChI=1S/C13H12N2OS/c16-12(10-4-2-1-3-5-10)8-11-9-17-13-14-6-7-15(11)13/h1-5,8H,6-7,9H2/b11-8-. The number of amidine groups is 1. The van der Waals surface area contributed by atoms with Gasteiger partial charge in [0.15, 0.2) is 11.0 Å². The van der Waals surface area contributed by atoms with Gasteiger partial charge < -0.3 is 4.90 Å². The maximum atomic E-state index is 12.0. The molecule has 0 saturated carbocycles. The first-order chi connectivity index (χ1) is 8.34. The van der Waals surface area contributed by atoms with E-state index in [0.29, 0.717) is 0 Å². The van der Waals surface area contributed by atoms with Crippen molar-refractivity contribution in [3.63, 3.8) is 0 Å². The van der Waals surface area contributed by atoms with Crippen LogP contribution in [0.25, 0.3) is 0 Å². The van der Waals surface area contributed by atoms with Crippen molar-refractivity contribution in [3.8, 4) is 0 Å². The fourth-order valence-corrected chi connectivity index (χ4v) is 3.05. The number of hydrogen-bond donors (Lipinski definition) is 0. The lowest BCUT2D eigenvalue weighted by atomic mass is 10.1. The molecule has 1 aromatic carbocycles. The summed E-state index contributed by atoms with van der Waals surface area (Å²) in [5.41, 5.74) is 1.83. The van der Waals surface area contributed by atoms with Gasteiger partial charge in [-0.05, 0) is 0 Å². The smallest absolute Gasteiger partial charge is 0.187 e. The van der Waals surface area contributed by atoms with Crippen molar-refractivity contribution in [2.45, 2.75) is 0 Å². The molecule has 0 amide bonds. The van der Waals surface area contributed by atoms with Crippen LogP contribution < -0.4 is 0 Å². The van der Waals surface area contributed by atoms with Crippen molar-refractivity contribution in [1.82, 2.24) is 4.90 Å². The lowest BCUT2D eigenvalue weighted by molar-refractivity contribution is 0.104. The number of fused-ring (bicyclic) bond motifs is 1. The molecule has 1 fully saturated rings. The van der Waals surface area contributed by atoms with E-state index in [1.807, 2.05) is 30.3 Å². The first-order valence-corrected chi connectivity index (χ1v) is 6.58. The minimum atomic E-state index is 0.0781. The molecule has 1 saturated heterocycles. The van der Waals surface area contributed by atoms with E-state index in [1.54, 1.807) is 17.8 Å². The van der Waals surface area contributed by atoms with Gasteiger partial charge in [0.05, 0.1) is 6.54 Å². The summed E-state index contributed by atoms with van der Waals surface area (Å²) >= 11 is 1.71. The summed E-state index contributed by atoms with van der Waals surface area (Å²) < 4.78 is 0. The summed E-state index contributed by atoms with van der Waals surface area (Å²) in [6.07, 6.45) is 1.75. The van der Waals surface area contributed by atoms with Gasteiger partial charge >= 0.3 is 0 Å². The number of nitrogens with zero attached hydrogens (tertiary/aromatic N) is 2. The highest BCUT2D eigenvalue weighted by atomic mass is 32.2. The summed E-state index contributed by atoms with van der Waals surface area (Å²) in [6, 6.07) is 9.39. The SMILES string of the molecule is O=C(/C=C1/CSC2=NCCN21)c1ccccc1. The number of ketones is 1. The van der Waals surface area contributed by atoms with Gasteiger partial charge in [-0.25, -0.2) is 0 Å². The summed E-state index contributed by atoms with van der Waals surface area (Å²) in [5.74, 6) is 0.937. The molecule has 2 aliphatic heterocycles. The maximum absolute atomic E-state index is 12.0. The largest absolute Gasteiger partial charge is 0.322 e. The normalized spacial score (nSPS) is 20.6. The molecule has 17 heavy (non-hydrogen) atoms. The van der Waals surface area contributed by atoms with Gasteiger partial charge in [-0.3, -0.25) is 9.79 Å². The van der Waals surface area contributed by atoms with E-state index in [4.69, 9.17) is 0 Å². The molecule has 4 heteroatoms. The van der Waals surface area contributed by atoms with E-state index in [2.05, 4.69) is 9.89 Å². The van der Waals surface area contributed by atoms with Gasteiger partial charge in [-0.1, -0.05) is 42.1 Å². The highest BCUT2D eigenvalue weighted by Gasteiger charge is 2.28. The van der Waals surface area contributed by atoms with Gasteiger partial charge in [0.1, 0.15) is 0 Å². The molecule has 0 N–H and O–H groups in total. The molecule has 0 aliphatic carbocycles. The fourth-order valence-electron chi connectivity index (χ4n) is 1.99. The van der Waals surface area contributed by atoms with Crippen LogP contribution in [0.5, 0.6) is 0 Å². The van der Waals surface area contributed by atoms with Crippen LogP contribution in [0.4, 0.5) is 0 Å². The molecule has 2 heterocycles. The van der Waals surface area contributed by atoms with Crippen LogP contribution in [0.3, 0.4) is 0 Å². The second kappa shape index (κ2) is 4.37. The topological polar surface area (TPSA) is 32.7 Å².